The molecule has 0 bridgehead atoms. The molecule has 0 spiro atoms. The van der Waals surface area contributed by atoms with Gasteiger partial charge in [0.25, 0.3) is 0 Å². The van der Waals surface area contributed by atoms with Gasteiger partial charge in [0.2, 0.25) is 12.3 Å². The fraction of sp³-hybridized carbons (Fsp3) is 0.488. The van der Waals surface area contributed by atoms with Crippen LogP contribution in [-0.4, -0.2) is 98.8 Å². The number of fused-ring (bicyclic) bond motifs is 6. The number of ether oxygens (including phenoxy) is 4. The Morgan fingerprint density at radius 3 is 2.61 bits per heavy atom. The summed E-state index contributed by atoms with van der Waals surface area (Å²) < 4.78 is 22.6. The smallest absolute Gasteiger partial charge is 0.410 e. The second-order valence-corrected chi connectivity index (χ2v) is 16.9. The summed E-state index contributed by atoms with van der Waals surface area (Å²) in [6.45, 7) is 11.6. The van der Waals surface area contributed by atoms with Crippen molar-refractivity contribution in [2.45, 2.75) is 90.6 Å². The van der Waals surface area contributed by atoms with Crippen LogP contribution in [0.25, 0.3) is 44.2 Å². The second kappa shape index (κ2) is 15.4. The Balaban J connectivity index is 1.06. The molecule has 14 nitrogen and oxygen atoms in total. The molecular formula is C43H53N7O7. The predicted molar refractivity (Wildman–Crippen MR) is 215 cm³/mol. The van der Waals surface area contributed by atoms with Crippen molar-refractivity contribution in [3.05, 3.63) is 65.9 Å². The second-order valence-electron chi connectivity index (χ2n) is 16.9. The number of hydrogen-bond donors (Lipinski definition) is 4. The maximum atomic E-state index is 14.1. The van der Waals surface area contributed by atoms with E-state index in [9.17, 15) is 14.7 Å². The van der Waals surface area contributed by atoms with Gasteiger partial charge in [0.05, 0.1) is 47.7 Å². The van der Waals surface area contributed by atoms with Gasteiger partial charge in [0.15, 0.2) is 0 Å². The Kier molecular flexibility index (Phi) is 10.5. The number of carbonyl (C=O) groups excluding carboxylic acids is 2. The fourth-order valence-electron chi connectivity index (χ4n) is 8.61. The van der Waals surface area contributed by atoms with Crippen molar-refractivity contribution in [1.82, 2.24) is 35.1 Å². The number of imidazole rings is 2. The molecule has 2 saturated heterocycles. The van der Waals surface area contributed by atoms with Crippen LogP contribution in [0.3, 0.4) is 0 Å². The highest BCUT2D eigenvalue weighted by atomic mass is 16.6. The Bertz CT molecular complexity index is 2290. The normalized spacial score (nSPS) is 20.5. The van der Waals surface area contributed by atoms with Crippen molar-refractivity contribution in [1.29, 1.82) is 0 Å². The molecule has 1 unspecified atom stereocenters. The van der Waals surface area contributed by atoms with Gasteiger partial charge in [-0.1, -0.05) is 32.0 Å². The van der Waals surface area contributed by atoms with Gasteiger partial charge in [-0.05, 0) is 92.3 Å². The number of aromatic nitrogens is 4. The fourth-order valence-corrected chi connectivity index (χ4v) is 8.61. The quantitative estimate of drug-likeness (QED) is 0.111. The Morgan fingerprint density at radius 1 is 1.04 bits per heavy atom. The van der Waals surface area contributed by atoms with E-state index in [4.69, 9.17) is 28.9 Å². The summed E-state index contributed by atoms with van der Waals surface area (Å²) >= 11 is 0. The van der Waals surface area contributed by atoms with Gasteiger partial charge in [-0.3, -0.25) is 15.0 Å². The maximum absolute atomic E-state index is 14.1. The Morgan fingerprint density at radius 2 is 1.86 bits per heavy atom. The summed E-state index contributed by atoms with van der Waals surface area (Å²) in [6, 6.07) is 13.6. The SMILES string of the molecule is COC[C@H]1C[C@@H](c2nc3c(ccc4cc5c(cc43)OCc3cc(-c4cnc([C@@H]6CCCN6C(=O)OC(C)(C)C)[nH]4)ccc3-5)[nH]2)N(C(=O)[C@@H](NC(O)OC)C(C)C)C1. The summed E-state index contributed by atoms with van der Waals surface area (Å²) in [6.07, 6.45) is 2.67. The zero-order valence-electron chi connectivity index (χ0n) is 33.7. The number of nitrogens with zero attached hydrogens (tertiary/aromatic N) is 4. The lowest BCUT2D eigenvalue weighted by atomic mass is 9.92. The molecule has 57 heavy (non-hydrogen) atoms. The molecule has 3 aliphatic rings. The van der Waals surface area contributed by atoms with Crippen LogP contribution >= 0.6 is 0 Å². The van der Waals surface area contributed by atoms with Gasteiger partial charge in [-0.15, -0.1) is 0 Å². The predicted octanol–water partition coefficient (Wildman–Crippen LogP) is 6.81. The van der Waals surface area contributed by atoms with Crippen molar-refractivity contribution < 1.29 is 33.6 Å². The van der Waals surface area contributed by atoms with E-state index in [1.54, 1.807) is 12.0 Å². The number of aliphatic hydroxyl groups excluding tert-OH is 1. The molecule has 8 rings (SSSR count). The monoisotopic (exact) mass is 779 g/mol. The van der Waals surface area contributed by atoms with E-state index in [1.807, 2.05) is 51.8 Å². The average molecular weight is 780 g/mol. The molecule has 2 aromatic heterocycles. The number of amides is 2. The zero-order valence-corrected chi connectivity index (χ0v) is 33.7. The van der Waals surface area contributed by atoms with Crippen LogP contribution in [0.2, 0.25) is 0 Å². The van der Waals surface area contributed by atoms with E-state index < -0.39 is 18.1 Å². The first-order valence-corrected chi connectivity index (χ1v) is 19.9. The molecule has 5 aromatic rings. The van der Waals surface area contributed by atoms with Crippen LogP contribution in [0.4, 0.5) is 4.79 Å². The van der Waals surface area contributed by atoms with E-state index in [0.717, 1.165) is 74.2 Å². The molecule has 14 heteroatoms. The topological polar surface area (TPSA) is 167 Å². The van der Waals surface area contributed by atoms with Crippen LogP contribution < -0.4 is 10.1 Å². The molecule has 5 heterocycles. The number of benzene rings is 3. The minimum absolute atomic E-state index is 0.0920. The third kappa shape index (κ3) is 7.59. The number of methoxy groups -OCH3 is 2. The molecular weight excluding hydrogens is 727 g/mol. The summed E-state index contributed by atoms with van der Waals surface area (Å²) in [5.41, 5.74) is 6.18. The van der Waals surface area contributed by atoms with Crippen molar-refractivity contribution >= 4 is 33.8 Å². The van der Waals surface area contributed by atoms with E-state index in [1.165, 1.54) is 7.11 Å². The summed E-state index contributed by atoms with van der Waals surface area (Å²) in [5, 5.41) is 15.1. The van der Waals surface area contributed by atoms with Crippen molar-refractivity contribution in [3.63, 3.8) is 0 Å². The number of likely N-dealkylation sites (tertiary alicyclic amines) is 2. The lowest BCUT2D eigenvalue weighted by molar-refractivity contribution is -0.145. The third-order valence-corrected chi connectivity index (χ3v) is 11.3. The Labute approximate surface area is 332 Å². The molecule has 3 aromatic carbocycles. The number of aliphatic hydroxyl groups is 1. The van der Waals surface area contributed by atoms with Crippen LogP contribution in [0.5, 0.6) is 5.75 Å². The van der Waals surface area contributed by atoms with Crippen molar-refractivity contribution in [3.8, 4) is 28.1 Å². The minimum atomic E-state index is -1.26. The number of carbonyl (C=O) groups is 2. The molecule has 302 valence electrons. The van der Waals surface area contributed by atoms with Crippen molar-refractivity contribution in [2.24, 2.45) is 11.8 Å². The highest BCUT2D eigenvalue weighted by molar-refractivity contribution is 6.07. The molecule has 2 amide bonds. The molecule has 4 N–H and O–H groups in total. The lowest BCUT2D eigenvalue weighted by Gasteiger charge is -2.31. The first-order valence-electron chi connectivity index (χ1n) is 19.9. The van der Waals surface area contributed by atoms with Crippen LogP contribution in [0.1, 0.15) is 83.2 Å². The number of nitrogens with one attached hydrogen (secondary N) is 3. The average Bonchev–Trinajstić information content (AvgIpc) is 4.01. The van der Waals surface area contributed by atoms with E-state index >= 15 is 0 Å². The van der Waals surface area contributed by atoms with E-state index in [0.29, 0.717) is 38.5 Å². The van der Waals surface area contributed by atoms with Gasteiger partial charge in [0.1, 0.15) is 29.6 Å². The van der Waals surface area contributed by atoms with Gasteiger partial charge < -0.3 is 38.9 Å². The van der Waals surface area contributed by atoms with Crippen molar-refractivity contribution in [2.75, 3.05) is 33.9 Å². The van der Waals surface area contributed by atoms with Gasteiger partial charge in [-0.2, -0.15) is 0 Å². The first kappa shape index (κ1) is 38.8. The third-order valence-electron chi connectivity index (χ3n) is 11.3. The highest BCUT2D eigenvalue weighted by Gasteiger charge is 2.42. The maximum Gasteiger partial charge on any atom is 0.410 e. The zero-order chi connectivity index (χ0) is 40.2. The van der Waals surface area contributed by atoms with Crippen LogP contribution in [0.15, 0.2) is 48.7 Å². The molecule has 0 radical (unpaired) electrons. The number of H-pyrrole nitrogens is 2. The molecule has 0 aliphatic carbocycles. The molecule has 2 fully saturated rings. The highest BCUT2D eigenvalue weighted by Crippen LogP contribution is 2.44. The molecule has 5 atom stereocenters. The molecule has 0 saturated carbocycles. The number of rotatable bonds is 10. The van der Waals surface area contributed by atoms with Gasteiger partial charge in [0, 0.05) is 44.2 Å². The Hall–Kier alpha value is -5.02. The van der Waals surface area contributed by atoms with E-state index in [2.05, 4.69) is 51.7 Å². The summed E-state index contributed by atoms with van der Waals surface area (Å²) in [5.74, 6) is 2.17. The number of hydrogen-bond acceptors (Lipinski definition) is 10. The largest absolute Gasteiger partial charge is 0.488 e. The van der Waals surface area contributed by atoms with E-state index in [-0.39, 0.29) is 35.9 Å². The summed E-state index contributed by atoms with van der Waals surface area (Å²) in [7, 11) is 3.07. The minimum Gasteiger partial charge on any atom is -0.488 e. The van der Waals surface area contributed by atoms with Crippen LogP contribution in [-0.2, 0) is 25.6 Å². The van der Waals surface area contributed by atoms with Gasteiger partial charge in [-0.25, -0.2) is 14.8 Å². The molecule has 3 aliphatic heterocycles. The van der Waals surface area contributed by atoms with Crippen LogP contribution in [0, 0.1) is 11.8 Å². The first-order chi connectivity index (χ1) is 27.3. The standard InChI is InChI=1S/C43H53N7O7/c1-23(2)36(48-41(52)55-7)40(51)50-20-24(21-54-6)15-34(50)39-45-31-13-11-25-17-30-28-12-10-26(16-27(28)22-56-35(30)18-29(25)37(31)47-39)32-19-44-38(46-32)33-9-8-14-49(33)42(53)57-43(3,4)5/h10-13,16-19,23-24,33-34,36,41,48,52H,8-9,14-15,20-22H2,1-7H3,(H,44,46)(H,45,47)/t24-,33-,34-,36-,41?/m0/s1. The number of aromatic amines is 2. The lowest BCUT2D eigenvalue weighted by Crippen LogP contribution is -2.53. The summed E-state index contributed by atoms with van der Waals surface area (Å²) in [4.78, 5) is 47.5. The van der Waals surface area contributed by atoms with Gasteiger partial charge >= 0.3 is 6.09 Å².